The average Bonchev–Trinajstić information content (AvgIpc) is 3.40. The maximum Gasteiger partial charge on any atom is 0.488 e. The van der Waals surface area contributed by atoms with E-state index in [-0.39, 0.29) is 10.8 Å². The quantitative estimate of drug-likeness (QED) is 0.197. The molecule has 0 aliphatic heterocycles. The molecule has 0 radical (unpaired) electrons. The second kappa shape index (κ2) is 10.9. The van der Waals surface area contributed by atoms with Crippen molar-refractivity contribution in [2.45, 2.75) is 89.9 Å². The van der Waals surface area contributed by atoms with Gasteiger partial charge in [-0.1, -0.05) is 120 Å². The van der Waals surface area contributed by atoms with Gasteiger partial charge in [0.25, 0.3) is 0 Å². The molecule has 2 aliphatic rings. The normalized spacial score (nSPS) is 15.3. The van der Waals surface area contributed by atoms with Crippen LogP contribution < -0.4 is 5.46 Å². The number of hydrogen-bond donors (Lipinski definition) is 2. The van der Waals surface area contributed by atoms with Crippen molar-refractivity contribution in [2.24, 2.45) is 0 Å². The Kier molecular flexibility index (Phi) is 7.47. The first-order valence-electron chi connectivity index (χ1n) is 15.8. The molecule has 0 bridgehead atoms. The molecule has 2 aliphatic carbocycles. The molecule has 6 rings (SSSR count). The fraction of sp³-hybridized carbons (Fsp3) is 0.368. The van der Waals surface area contributed by atoms with Crippen LogP contribution in [0.2, 0.25) is 0 Å². The largest absolute Gasteiger partial charge is 0.488 e. The first-order chi connectivity index (χ1) is 19.9. The number of hydrogen-bond acceptors (Lipinski definition) is 2. The molecule has 0 unspecified atom stereocenters. The molecule has 0 fully saturated rings. The van der Waals surface area contributed by atoms with E-state index in [1.807, 2.05) is 6.07 Å². The summed E-state index contributed by atoms with van der Waals surface area (Å²) in [5.74, 6) is 0. The molecule has 0 saturated carbocycles. The second-order valence-electron chi connectivity index (χ2n) is 12.4. The van der Waals surface area contributed by atoms with Gasteiger partial charge in [0.1, 0.15) is 0 Å². The second-order valence-corrected chi connectivity index (χ2v) is 12.4. The molecular formula is C38H43BO2. The molecule has 0 saturated heterocycles. The van der Waals surface area contributed by atoms with E-state index in [4.69, 9.17) is 0 Å². The highest BCUT2D eigenvalue weighted by molar-refractivity contribution is 6.58. The average molecular weight is 543 g/mol. The van der Waals surface area contributed by atoms with Gasteiger partial charge in [0.2, 0.25) is 0 Å². The summed E-state index contributed by atoms with van der Waals surface area (Å²) < 4.78 is 0. The van der Waals surface area contributed by atoms with Gasteiger partial charge in [-0.2, -0.15) is 0 Å². The molecule has 2 nitrogen and oxygen atoms in total. The minimum absolute atomic E-state index is 0.0775. The van der Waals surface area contributed by atoms with E-state index in [1.54, 1.807) is 0 Å². The molecule has 0 atom stereocenters. The Morgan fingerprint density at radius 1 is 0.488 bits per heavy atom. The van der Waals surface area contributed by atoms with Gasteiger partial charge in [-0.3, -0.25) is 0 Å². The summed E-state index contributed by atoms with van der Waals surface area (Å²) >= 11 is 0. The zero-order valence-electron chi connectivity index (χ0n) is 25.1. The van der Waals surface area contributed by atoms with Crippen molar-refractivity contribution in [2.75, 3.05) is 0 Å². The molecule has 0 amide bonds. The van der Waals surface area contributed by atoms with Crippen molar-refractivity contribution in [3.05, 3.63) is 101 Å². The third kappa shape index (κ3) is 4.24. The summed E-state index contributed by atoms with van der Waals surface area (Å²) in [5.41, 5.74) is 14.1. The maximum absolute atomic E-state index is 10.0. The summed E-state index contributed by atoms with van der Waals surface area (Å²) in [6.07, 6.45) is 8.90. The molecule has 3 heteroatoms. The third-order valence-corrected chi connectivity index (χ3v) is 9.99. The first kappa shape index (κ1) is 28.0. The predicted molar refractivity (Wildman–Crippen MR) is 174 cm³/mol. The van der Waals surface area contributed by atoms with Crippen molar-refractivity contribution in [3.8, 4) is 33.4 Å². The molecular weight excluding hydrogens is 499 g/mol. The minimum atomic E-state index is -1.46. The van der Waals surface area contributed by atoms with Crippen LogP contribution in [0, 0.1) is 0 Å². The van der Waals surface area contributed by atoms with Crippen molar-refractivity contribution >= 4 is 12.6 Å². The summed E-state index contributed by atoms with van der Waals surface area (Å²) in [4.78, 5) is 0. The zero-order valence-corrected chi connectivity index (χ0v) is 25.1. The Morgan fingerprint density at radius 3 is 1.39 bits per heavy atom. The van der Waals surface area contributed by atoms with Crippen LogP contribution in [0.25, 0.3) is 33.4 Å². The van der Waals surface area contributed by atoms with E-state index in [1.165, 1.54) is 68.5 Å². The molecule has 4 aromatic carbocycles. The summed E-state index contributed by atoms with van der Waals surface area (Å²) in [6, 6.07) is 29.4. The molecule has 0 aromatic heterocycles. The molecule has 2 N–H and O–H groups in total. The lowest BCUT2D eigenvalue weighted by Gasteiger charge is -2.33. The number of rotatable bonds is 10. The summed E-state index contributed by atoms with van der Waals surface area (Å²) in [6.45, 7) is 9.18. The standard InChI is InChI=1S/C38H43BO2/c1-5-19-37(20-6-2)33-12-10-9-11-29(33)30-16-13-26(23-34(30)37)27-14-17-31-32-18-15-28(39(40)41)25-36(32)38(21-7-3,22-8-4)35(31)24-27/h9-18,23-25,40-41H,5-8,19-22H2,1-4H3. The van der Waals surface area contributed by atoms with Gasteiger partial charge in [-0.25, -0.2) is 0 Å². The van der Waals surface area contributed by atoms with Crippen molar-refractivity contribution in [1.29, 1.82) is 0 Å². The van der Waals surface area contributed by atoms with Crippen LogP contribution in [-0.2, 0) is 10.8 Å². The van der Waals surface area contributed by atoms with Gasteiger partial charge in [0.15, 0.2) is 0 Å². The molecule has 0 spiro atoms. The minimum Gasteiger partial charge on any atom is -0.423 e. The van der Waals surface area contributed by atoms with Crippen molar-refractivity contribution < 1.29 is 10.0 Å². The lowest BCUT2D eigenvalue weighted by Crippen LogP contribution is -2.32. The fourth-order valence-corrected chi connectivity index (χ4v) is 8.52. The van der Waals surface area contributed by atoms with Crippen LogP contribution in [0.3, 0.4) is 0 Å². The molecule has 41 heavy (non-hydrogen) atoms. The monoisotopic (exact) mass is 542 g/mol. The van der Waals surface area contributed by atoms with Gasteiger partial charge in [-0.05, 0) is 98.9 Å². The highest BCUT2D eigenvalue weighted by Crippen LogP contribution is 2.56. The zero-order chi connectivity index (χ0) is 28.8. The Hall–Kier alpha value is -3.14. The topological polar surface area (TPSA) is 40.5 Å². The van der Waals surface area contributed by atoms with E-state index >= 15 is 0 Å². The van der Waals surface area contributed by atoms with Crippen molar-refractivity contribution in [3.63, 3.8) is 0 Å². The summed E-state index contributed by atoms with van der Waals surface area (Å²) in [5, 5.41) is 20.0. The molecule has 0 heterocycles. The number of fused-ring (bicyclic) bond motifs is 6. The van der Waals surface area contributed by atoms with Gasteiger partial charge >= 0.3 is 7.12 Å². The van der Waals surface area contributed by atoms with E-state index in [9.17, 15) is 10.0 Å². The van der Waals surface area contributed by atoms with E-state index < -0.39 is 7.12 Å². The number of benzene rings is 4. The Balaban J connectivity index is 1.52. The Labute approximate surface area is 246 Å². The predicted octanol–water partition coefficient (Wildman–Crippen LogP) is 8.77. The van der Waals surface area contributed by atoms with Gasteiger partial charge < -0.3 is 10.0 Å². The lowest BCUT2D eigenvalue weighted by atomic mass is 9.69. The lowest BCUT2D eigenvalue weighted by molar-refractivity contribution is 0.424. The van der Waals surface area contributed by atoms with Gasteiger partial charge in [-0.15, -0.1) is 0 Å². The maximum atomic E-state index is 10.0. The Morgan fingerprint density at radius 2 is 0.902 bits per heavy atom. The van der Waals surface area contributed by atoms with E-state index in [0.29, 0.717) is 5.46 Å². The summed E-state index contributed by atoms with van der Waals surface area (Å²) in [7, 11) is -1.46. The third-order valence-electron chi connectivity index (χ3n) is 9.99. The van der Waals surface area contributed by atoms with Crippen LogP contribution in [0.15, 0.2) is 78.9 Å². The smallest absolute Gasteiger partial charge is 0.423 e. The Bertz CT molecular complexity index is 1570. The highest BCUT2D eigenvalue weighted by Gasteiger charge is 2.44. The van der Waals surface area contributed by atoms with E-state index in [2.05, 4.69) is 100 Å². The SMILES string of the molecule is CCCC1(CCC)c2ccccc2-c2ccc(-c3ccc4c(c3)C(CCC)(CCC)c3cc(B(O)O)ccc3-4)cc21. The van der Waals surface area contributed by atoms with Gasteiger partial charge in [0, 0.05) is 10.8 Å². The van der Waals surface area contributed by atoms with Crippen LogP contribution in [0.4, 0.5) is 0 Å². The molecule has 4 aromatic rings. The highest BCUT2D eigenvalue weighted by atomic mass is 16.4. The van der Waals surface area contributed by atoms with Crippen LogP contribution in [0.1, 0.15) is 101 Å². The van der Waals surface area contributed by atoms with Crippen LogP contribution in [-0.4, -0.2) is 17.2 Å². The van der Waals surface area contributed by atoms with Crippen LogP contribution in [0.5, 0.6) is 0 Å². The molecule has 210 valence electrons. The fourth-order valence-electron chi connectivity index (χ4n) is 8.52. The van der Waals surface area contributed by atoms with Gasteiger partial charge in [0.05, 0.1) is 0 Å². The van der Waals surface area contributed by atoms with Crippen molar-refractivity contribution in [1.82, 2.24) is 0 Å². The van der Waals surface area contributed by atoms with E-state index in [0.717, 1.165) is 38.5 Å². The van der Waals surface area contributed by atoms with Crippen LogP contribution >= 0.6 is 0 Å². The first-order valence-corrected chi connectivity index (χ1v) is 15.8.